The number of fused-ring (bicyclic) bond motifs is 1. The molecule has 2 heterocycles. The van der Waals surface area contributed by atoms with Crippen molar-refractivity contribution >= 4 is 32.2 Å². The highest BCUT2D eigenvalue weighted by atomic mass is 79.9. The van der Waals surface area contributed by atoms with E-state index in [1.54, 1.807) is 11.3 Å². The summed E-state index contributed by atoms with van der Waals surface area (Å²) in [7, 11) is 0. The number of aromatic nitrogens is 2. The van der Waals surface area contributed by atoms with Crippen LogP contribution in [0.15, 0.2) is 16.2 Å². The van der Waals surface area contributed by atoms with Gasteiger partial charge in [-0.1, -0.05) is 11.3 Å². The average molecular weight is 217 g/mol. The normalized spacial score (nSPS) is 11.0. The summed E-state index contributed by atoms with van der Waals surface area (Å²) in [5.74, 6) is 0. The molecular weight excluding hydrogens is 212 g/mol. The van der Waals surface area contributed by atoms with Crippen LogP contribution in [0.5, 0.6) is 0 Å². The number of halogens is 1. The first-order valence-electron chi connectivity index (χ1n) is 2.86. The van der Waals surface area contributed by atoms with Gasteiger partial charge in [-0.05, 0) is 22.9 Å². The van der Waals surface area contributed by atoms with E-state index in [0.29, 0.717) is 0 Å². The van der Waals surface area contributed by atoms with Crippen LogP contribution in [-0.2, 0) is 0 Å². The fraction of sp³-hybridized carbons (Fsp3) is 0.167. The predicted molar refractivity (Wildman–Crippen MR) is 45.5 cm³/mol. The maximum Gasteiger partial charge on any atom is 0.194 e. The van der Waals surface area contributed by atoms with Gasteiger partial charge < -0.3 is 0 Å². The van der Waals surface area contributed by atoms with Gasteiger partial charge in [-0.3, -0.25) is 4.40 Å². The van der Waals surface area contributed by atoms with Crippen molar-refractivity contribution in [3.8, 4) is 0 Å². The molecule has 2 nitrogen and oxygen atoms in total. The Balaban J connectivity index is 2.83. The molecule has 2 aromatic heterocycles. The van der Waals surface area contributed by atoms with Gasteiger partial charge in [0, 0.05) is 12.4 Å². The van der Waals surface area contributed by atoms with Crippen LogP contribution in [-0.4, -0.2) is 9.38 Å². The molecule has 0 spiro atoms. The molecule has 2 rings (SSSR count). The molecule has 0 aliphatic rings. The molecule has 0 saturated heterocycles. The summed E-state index contributed by atoms with van der Waals surface area (Å²) in [6, 6.07) is 0. The Hall–Kier alpha value is -0.350. The van der Waals surface area contributed by atoms with Crippen LogP contribution >= 0.6 is 27.3 Å². The quantitative estimate of drug-likeness (QED) is 0.662. The maximum atomic E-state index is 4.29. The second kappa shape index (κ2) is 2.07. The number of hydrogen-bond donors (Lipinski definition) is 0. The van der Waals surface area contributed by atoms with Crippen molar-refractivity contribution in [1.29, 1.82) is 0 Å². The van der Waals surface area contributed by atoms with E-state index >= 15 is 0 Å². The summed E-state index contributed by atoms with van der Waals surface area (Å²) >= 11 is 5.03. The third-order valence-electron chi connectivity index (χ3n) is 1.25. The smallest absolute Gasteiger partial charge is 0.194 e. The van der Waals surface area contributed by atoms with Crippen molar-refractivity contribution in [3.63, 3.8) is 0 Å². The van der Waals surface area contributed by atoms with Gasteiger partial charge >= 0.3 is 0 Å². The number of nitrogens with zero attached hydrogens (tertiary/aromatic N) is 2. The predicted octanol–water partition coefficient (Wildman–Crippen LogP) is 2.47. The van der Waals surface area contributed by atoms with Gasteiger partial charge in [0.15, 0.2) is 4.96 Å². The molecule has 0 unspecified atom stereocenters. The van der Waals surface area contributed by atoms with Gasteiger partial charge in [0.2, 0.25) is 0 Å². The zero-order chi connectivity index (χ0) is 7.14. The monoisotopic (exact) mass is 216 g/mol. The van der Waals surface area contributed by atoms with Crippen LogP contribution in [0.25, 0.3) is 4.96 Å². The van der Waals surface area contributed by atoms with Crippen LogP contribution in [0.2, 0.25) is 0 Å². The lowest BCUT2D eigenvalue weighted by Crippen LogP contribution is -1.67. The van der Waals surface area contributed by atoms with Crippen LogP contribution < -0.4 is 0 Å². The topological polar surface area (TPSA) is 17.3 Å². The largest absolute Gasteiger partial charge is 0.296 e. The Morgan fingerprint density at radius 2 is 2.40 bits per heavy atom. The molecule has 0 fully saturated rings. The van der Waals surface area contributed by atoms with Gasteiger partial charge in [0.05, 0.1) is 9.48 Å². The van der Waals surface area contributed by atoms with E-state index in [9.17, 15) is 0 Å². The molecule has 10 heavy (non-hydrogen) atoms. The van der Waals surface area contributed by atoms with Crippen LogP contribution in [0.4, 0.5) is 0 Å². The van der Waals surface area contributed by atoms with Crippen molar-refractivity contribution in [2.24, 2.45) is 0 Å². The zero-order valence-corrected chi connectivity index (χ0v) is 7.74. The van der Waals surface area contributed by atoms with Gasteiger partial charge in [0.25, 0.3) is 0 Å². The molecule has 4 heteroatoms. The third-order valence-corrected chi connectivity index (χ3v) is 2.72. The Kier molecular flexibility index (Phi) is 1.32. The van der Waals surface area contributed by atoms with E-state index in [0.717, 1.165) is 14.4 Å². The Morgan fingerprint density at radius 1 is 1.60 bits per heavy atom. The number of hydrogen-bond acceptors (Lipinski definition) is 2. The second-order valence-electron chi connectivity index (χ2n) is 2.11. The minimum Gasteiger partial charge on any atom is -0.296 e. The van der Waals surface area contributed by atoms with E-state index in [1.807, 2.05) is 23.7 Å². The summed E-state index contributed by atoms with van der Waals surface area (Å²) in [5, 5.41) is 0. The van der Waals surface area contributed by atoms with Crippen molar-refractivity contribution in [1.82, 2.24) is 9.38 Å². The summed E-state index contributed by atoms with van der Waals surface area (Å²) in [6.07, 6.45) is 4.02. The first-order chi connectivity index (χ1) is 4.75. The molecule has 0 aliphatic carbocycles. The SMILES string of the molecule is Cc1cn2cc(Br)sc2n1. The fourth-order valence-corrected chi connectivity index (χ4v) is 2.28. The molecule has 0 radical (unpaired) electrons. The van der Waals surface area contributed by atoms with Crippen LogP contribution in [0, 0.1) is 6.92 Å². The third kappa shape index (κ3) is 0.876. The van der Waals surface area contributed by atoms with Gasteiger partial charge in [-0.15, -0.1) is 0 Å². The van der Waals surface area contributed by atoms with Gasteiger partial charge in [0.1, 0.15) is 0 Å². The number of rotatable bonds is 0. The van der Waals surface area contributed by atoms with Gasteiger partial charge in [-0.25, -0.2) is 4.98 Å². The molecule has 2 aromatic rings. The summed E-state index contributed by atoms with van der Waals surface area (Å²) in [6.45, 7) is 1.99. The lowest BCUT2D eigenvalue weighted by molar-refractivity contribution is 1.22. The first kappa shape index (κ1) is 6.37. The van der Waals surface area contributed by atoms with E-state index in [1.165, 1.54) is 0 Å². The van der Waals surface area contributed by atoms with Gasteiger partial charge in [-0.2, -0.15) is 0 Å². The van der Waals surface area contributed by atoms with E-state index in [-0.39, 0.29) is 0 Å². The van der Waals surface area contributed by atoms with Crippen molar-refractivity contribution in [2.75, 3.05) is 0 Å². The molecule has 0 saturated carbocycles. The van der Waals surface area contributed by atoms with Crippen molar-refractivity contribution in [3.05, 3.63) is 21.9 Å². The molecule has 0 N–H and O–H groups in total. The zero-order valence-electron chi connectivity index (χ0n) is 5.34. The van der Waals surface area contributed by atoms with Crippen LogP contribution in [0.1, 0.15) is 5.69 Å². The molecule has 52 valence electrons. The Labute approximate surface area is 70.6 Å². The Bertz CT molecular complexity index is 300. The number of aryl methyl sites for hydroxylation is 1. The standard InChI is InChI=1S/C6H5BrN2S/c1-4-2-9-3-5(7)10-6(9)8-4/h2-3H,1H3. The molecule has 0 amide bonds. The van der Waals surface area contributed by atoms with E-state index in [4.69, 9.17) is 0 Å². The minimum atomic E-state index is 1.05. The average Bonchev–Trinajstić information content (AvgIpc) is 2.21. The summed E-state index contributed by atoms with van der Waals surface area (Å²) in [4.78, 5) is 5.33. The van der Waals surface area contributed by atoms with Crippen molar-refractivity contribution < 1.29 is 0 Å². The molecule has 0 bridgehead atoms. The summed E-state index contributed by atoms with van der Waals surface area (Å²) in [5.41, 5.74) is 1.07. The highest BCUT2D eigenvalue weighted by molar-refractivity contribution is 9.11. The second-order valence-corrected chi connectivity index (χ2v) is 4.50. The lowest BCUT2D eigenvalue weighted by atomic mass is 10.6. The first-order valence-corrected chi connectivity index (χ1v) is 4.47. The minimum absolute atomic E-state index is 1.05. The van der Waals surface area contributed by atoms with Crippen molar-refractivity contribution in [2.45, 2.75) is 6.92 Å². The highest BCUT2D eigenvalue weighted by Crippen LogP contribution is 2.22. The Morgan fingerprint density at radius 3 is 3.10 bits per heavy atom. The molecule has 0 atom stereocenters. The molecule has 0 aromatic carbocycles. The van der Waals surface area contributed by atoms with E-state index in [2.05, 4.69) is 20.9 Å². The number of thiazole rings is 1. The fourth-order valence-electron chi connectivity index (χ4n) is 0.885. The lowest BCUT2D eigenvalue weighted by Gasteiger charge is -1.74. The summed E-state index contributed by atoms with van der Waals surface area (Å²) < 4.78 is 3.14. The van der Waals surface area contributed by atoms with Crippen LogP contribution in [0.3, 0.4) is 0 Å². The maximum absolute atomic E-state index is 4.29. The molecular formula is C6H5BrN2S. The van der Waals surface area contributed by atoms with E-state index < -0.39 is 0 Å². The number of imidazole rings is 1. The highest BCUT2D eigenvalue weighted by Gasteiger charge is 1.99. The molecule has 0 aliphatic heterocycles.